The Kier molecular flexibility index (Phi) is 4.95. The monoisotopic (exact) mass is 313 g/mol. The highest BCUT2D eigenvalue weighted by atomic mass is 16.2. The summed E-state index contributed by atoms with van der Waals surface area (Å²) in [6.45, 7) is 0.0245. The molecule has 0 atom stereocenters. The van der Waals surface area contributed by atoms with Gasteiger partial charge >= 0.3 is 0 Å². The van der Waals surface area contributed by atoms with Crippen molar-refractivity contribution in [1.82, 2.24) is 10.3 Å². The van der Waals surface area contributed by atoms with Crippen molar-refractivity contribution in [3.63, 3.8) is 0 Å². The molecule has 0 radical (unpaired) electrons. The first-order valence-corrected chi connectivity index (χ1v) is 8.34. The number of aromatic nitrogens is 1. The molecule has 1 aliphatic carbocycles. The predicted octanol–water partition coefficient (Wildman–Crippen LogP) is 3.19. The first-order valence-electron chi connectivity index (χ1n) is 8.34. The molecule has 0 aliphatic heterocycles. The molecule has 1 aromatic heterocycles. The average molecular weight is 313 g/mol. The molecule has 0 bridgehead atoms. The number of hydrogen-bond acceptors (Lipinski definition) is 2. The lowest BCUT2D eigenvalue weighted by Crippen LogP contribution is -2.34. The number of hydrogen-bond donors (Lipinski definition) is 3. The number of fused-ring (bicyclic) bond motifs is 1. The van der Waals surface area contributed by atoms with Crippen molar-refractivity contribution in [2.75, 3.05) is 11.9 Å². The van der Waals surface area contributed by atoms with Crippen molar-refractivity contribution in [1.29, 1.82) is 0 Å². The Morgan fingerprint density at radius 3 is 2.74 bits per heavy atom. The lowest BCUT2D eigenvalue weighted by Gasteiger charge is -2.20. The zero-order valence-corrected chi connectivity index (χ0v) is 13.2. The molecule has 3 N–H and O–H groups in total. The lowest BCUT2D eigenvalue weighted by atomic mass is 9.87. The van der Waals surface area contributed by atoms with Crippen molar-refractivity contribution in [2.45, 2.75) is 38.5 Å². The van der Waals surface area contributed by atoms with Crippen LogP contribution in [0.4, 0.5) is 5.69 Å². The van der Waals surface area contributed by atoms with Crippen LogP contribution < -0.4 is 10.6 Å². The number of anilines is 1. The second-order valence-electron chi connectivity index (χ2n) is 6.31. The van der Waals surface area contributed by atoms with Crippen LogP contribution >= 0.6 is 0 Å². The Labute approximate surface area is 135 Å². The van der Waals surface area contributed by atoms with Gasteiger partial charge in [0.2, 0.25) is 11.8 Å². The van der Waals surface area contributed by atoms with Gasteiger partial charge in [0.1, 0.15) is 0 Å². The van der Waals surface area contributed by atoms with Crippen molar-refractivity contribution in [2.24, 2.45) is 5.92 Å². The van der Waals surface area contributed by atoms with E-state index in [0.717, 1.165) is 29.4 Å². The molecule has 1 aromatic carbocycles. The summed E-state index contributed by atoms with van der Waals surface area (Å²) in [7, 11) is 0. The minimum absolute atomic E-state index is 0.0202. The summed E-state index contributed by atoms with van der Waals surface area (Å²) in [5.41, 5.74) is 1.77. The third-order valence-corrected chi connectivity index (χ3v) is 4.48. The van der Waals surface area contributed by atoms with Crippen molar-refractivity contribution >= 4 is 28.4 Å². The lowest BCUT2D eigenvalue weighted by molar-refractivity contribution is -0.125. The summed E-state index contributed by atoms with van der Waals surface area (Å²) in [5.74, 6) is 0.271. The highest BCUT2D eigenvalue weighted by Gasteiger charge is 2.17. The van der Waals surface area contributed by atoms with Gasteiger partial charge in [0.25, 0.3) is 0 Å². The van der Waals surface area contributed by atoms with E-state index in [0.29, 0.717) is 12.3 Å². The summed E-state index contributed by atoms with van der Waals surface area (Å²) < 4.78 is 0. The minimum Gasteiger partial charge on any atom is -0.361 e. The van der Waals surface area contributed by atoms with E-state index in [2.05, 4.69) is 15.6 Å². The molecule has 122 valence electrons. The second-order valence-corrected chi connectivity index (χ2v) is 6.31. The number of amides is 2. The van der Waals surface area contributed by atoms with E-state index in [4.69, 9.17) is 0 Å². The maximum absolute atomic E-state index is 11.9. The fourth-order valence-corrected chi connectivity index (χ4v) is 3.24. The summed E-state index contributed by atoms with van der Waals surface area (Å²) >= 11 is 0. The number of carbonyl (C=O) groups excluding carboxylic acids is 2. The van der Waals surface area contributed by atoms with Crippen LogP contribution in [0, 0.1) is 5.92 Å². The Bertz CT molecular complexity index is 686. The Morgan fingerprint density at radius 1 is 1.09 bits per heavy atom. The van der Waals surface area contributed by atoms with Crippen LogP contribution in [0.15, 0.2) is 30.5 Å². The fraction of sp³-hybridized carbons (Fsp3) is 0.444. The molecule has 0 saturated heterocycles. The number of benzene rings is 1. The first kappa shape index (κ1) is 15.6. The van der Waals surface area contributed by atoms with E-state index in [1.54, 1.807) is 0 Å². The zero-order chi connectivity index (χ0) is 16.1. The number of rotatable bonds is 5. The Hall–Kier alpha value is -2.30. The van der Waals surface area contributed by atoms with Crippen LogP contribution in [-0.2, 0) is 9.59 Å². The third-order valence-electron chi connectivity index (χ3n) is 4.48. The van der Waals surface area contributed by atoms with Crippen molar-refractivity contribution in [3.05, 3.63) is 30.5 Å². The normalized spacial score (nSPS) is 15.5. The van der Waals surface area contributed by atoms with Gasteiger partial charge in [-0.2, -0.15) is 0 Å². The first-order chi connectivity index (χ1) is 11.2. The van der Waals surface area contributed by atoms with Crippen LogP contribution in [0.5, 0.6) is 0 Å². The Balaban J connectivity index is 1.44. The van der Waals surface area contributed by atoms with Gasteiger partial charge in [-0.25, -0.2) is 0 Å². The van der Waals surface area contributed by atoms with Gasteiger partial charge < -0.3 is 15.6 Å². The molecular weight excluding hydrogens is 290 g/mol. The van der Waals surface area contributed by atoms with Gasteiger partial charge in [-0.3, -0.25) is 9.59 Å². The fourth-order valence-electron chi connectivity index (χ4n) is 3.24. The quantitative estimate of drug-likeness (QED) is 0.793. The van der Waals surface area contributed by atoms with Crippen molar-refractivity contribution in [3.8, 4) is 0 Å². The summed E-state index contributed by atoms with van der Waals surface area (Å²) in [6.07, 6.45) is 8.41. The van der Waals surface area contributed by atoms with Gasteiger partial charge in [-0.05, 0) is 43.0 Å². The van der Waals surface area contributed by atoms with Gasteiger partial charge in [0.05, 0.1) is 6.54 Å². The minimum atomic E-state index is -0.197. The maximum atomic E-state index is 11.9. The van der Waals surface area contributed by atoms with E-state index in [1.165, 1.54) is 19.3 Å². The number of nitrogens with one attached hydrogen (secondary N) is 3. The molecule has 2 aromatic rings. The molecule has 2 amide bonds. The molecule has 1 heterocycles. The molecule has 3 rings (SSSR count). The van der Waals surface area contributed by atoms with Gasteiger partial charge in [0.15, 0.2) is 0 Å². The van der Waals surface area contributed by atoms with E-state index >= 15 is 0 Å². The highest BCUT2D eigenvalue weighted by Crippen LogP contribution is 2.26. The number of carbonyl (C=O) groups is 2. The zero-order valence-electron chi connectivity index (χ0n) is 13.2. The second kappa shape index (κ2) is 7.31. The largest absolute Gasteiger partial charge is 0.361 e. The van der Waals surface area contributed by atoms with Gasteiger partial charge in [-0.15, -0.1) is 0 Å². The summed E-state index contributed by atoms with van der Waals surface area (Å²) in [4.78, 5) is 27.0. The Morgan fingerprint density at radius 2 is 1.91 bits per heavy atom. The van der Waals surface area contributed by atoms with Crippen LogP contribution in [0.25, 0.3) is 10.9 Å². The van der Waals surface area contributed by atoms with Crippen LogP contribution in [0.3, 0.4) is 0 Å². The molecule has 0 spiro atoms. The van der Waals surface area contributed by atoms with Crippen molar-refractivity contribution < 1.29 is 9.59 Å². The smallest absolute Gasteiger partial charge is 0.243 e. The molecule has 1 fully saturated rings. The summed E-state index contributed by atoms with van der Waals surface area (Å²) in [6, 6.07) is 7.64. The van der Waals surface area contributed by atoms with E-state index in [1.807, 2.05) is 30.5 Å². The number of H-pyrrole nitrogens is 1. The highest BCUT2D eigenvalue weighted by molar-refractivity contribution is 5.96. The van der Waals surface area contributed by atoms with Crippen LogP contribution in [0.1, 0.15) is 38.5 Å². The molecule has 5 nitrogen and oxygen atoms in total. The topological polar surface area (TPSA) is 74.0 Å². The molecular formula is C18H23N3O2. The van der Waals surface area contributed by atoms with Gasteiger partial charge in [-0.1, -0.05) is 19.3 Å². The van der Waals surface area contributed by atoms with E-state index in [-0.39, 0.29) is 18.4 Å². The molecule has 5 heteroatoms. The van der Waals surface area contributed by atoms with Crippen LogP contribution in [-0.4, -0.2) is 23.3 Å². The van der Waals surface area contributed by atoms with E-state index < -0.39 is 0 Å². The average Bonchev–Trinajstić information content (AvgIpc) is 3.01. The predicted molar refractivity (Wildman–Crippen MR) is 91.1 cm³/mol. The molecule has 1 aliphatic rings. The molecule has 23 heavy (non-hydrogen) atoms. The maximum Gasteiger partial charge on any atom is 0.243 e. The third kappa shape index (κ3) is 4.34. The number of aromatic amines is 1. The standard InChI is InChI=1S/C18H23N3O2/c22-17(10-13-4-2-1-3-5-13)20-12-18(23)21-15-6-7-16-14(11-15)8-9-19-16/h6-9,11,13,19H,1-5,10,12H2,(H,20,22)(H,21,23). The molecule has 0 unspecified atom stereocenters. The van der Waals surface area contributed by atoms with E-state index in [9.17, 15) is 9.59 Å². The van der Waals surface area contributed by atoms with Gasteiger partial charge in [0, 0.05) is 29.2 Å². The SMILES string of the molecule is O=C(CC1CCCCC1)NCC(=O)Nc1ccc2[nH]ccc2c1. The summed E-state index contributed by atoms with van der Waals surface area (Å²) in [5, 5.41) is 6.59. The van der Waals surface area contributed by atoms with Crippen LogP contribution in [0.2, 0.25) is 0 Å². The molecule has 1 saturated carbocycles.